The van der Waals surface area contributed by atoms with Crippen LogP contribution in [0, 0.1) is 0 Å². The number of hydrogen-bond donors (Lipinski definition) is 1. The zero-order valence-electron chi connectivity index (χ0n) is 14.6. The van der Waals surface area contributed by atoms with Gasteiger partial charge in [0, 0.05) is 32.2 Å². The van der Waals surface area contributed by atoms with Gasteiger partial charge in [-0.15, -0.1) is 0 Å². The van der Waals surface area contributed by atoms with Gasteiger partial charge in [0.15, 0.2) is 5.65 Å². The molecule has 1 aromatic carbocycles. The van der Waals surface area contributed by atoms with Gasteiger partial charge in [-0.2, -0.15) is 15.1 Å². The van der Waals surface area contributed by atoms with E-state index in [1.807, 2.05) is 31.4 Å². The number of hydrogen-bond acceptors (Lipinski definition) is 6. The lowest BCUT2D eigenvalue weighted by Crippen LogP contribution is -2.21. The fraction of sp³-hybridized carbons (Fsp3) is 0.389. The van der Waals surface area contributed by atoms with E-state index in [0.717, 1.165) is 47.2 Å². The van der Waals surface area contributed by atoms with Gasteiger partial charge in [0.05, 0.1) is 18.7 Å². The van der Waals surface area contributed by atoms with Crippen molar-refractivity contribution < 1.29 is 4.74 Å². The number of aromatic nitrogens is 4. The van der Waals surface area contributed by atoms with Crippen LogP contribution in [0.1, 0.15) is 18.4 Å². The highest BCUT2D eigenvalue weighted by molar-refractivity contribution is 5.87. The first-order chi connectivity index (χ1) is 12.3. The van der Waals surface area contributed by atoms with E-state index < -0.39 is 0 Å². The molecule has 3 heterocycles. The number of ether oxygens (including phenoxy) is 1. The van der Waals surface area contributed by atoms with Gasteiger partial charge in [-0.05, 0) is 18.9 Å². The summed E-state index contributed by atoms with van der Waals surface area (Å²) in [5.41, 5.74) is 1.93. The highest BCUT2D eigenvalue weighted by Crippen LogP contribution is 2.26. The molecule has 4 rings (SSSR count). The van der Waals surface area contributed by atoms with E-state index >= 15 is 0 Å². The van der Waals surface area contributed by atoms with Gasteiger partial charge in [-0.3, -0.25) is 4.68 Å². The van der Waals surface area contributed by atoms with E-state index in [-0.39, 0.29) is 0 Å². The van der Waals surface area contributed by atoms with Crippen LogP contribution in [0.2, 0.25) is 0 Å². The zero-order chi connectivity index (χ0) is 17.2. The molecule has 130 valence electrons. The van der Waals surface area contributed by atoms with E-state index in [4.69, 9.17) is 14.7 Å². The minimum Gasteiger partial charge on any atom is -0.496 e. The van der Waals surface area contributed by atoms with Crippen molar-refractivity contribution in [2.45, 2.75) is 19.4 Å². The molecule has 25 heavy (non-hydrogen) atoms. The van der Waals surface area contributed by atoms with Crippen molar-refractivity contribution in [3.05, 3.63) is 36.0 Å². The number of nitrogens with one attached hydrogen (secondary N) is 1. The van der Waals surface area contributed by atoms with Crippen molar-refractivity contribution in [1.82, 2.24) is 19.7 Å². The molecule has 2 aromatic heterocycles. The van der Waals surface area contributed by atoms with Crippen LogP contribution in [-0.4, -0.2) is 39.9 Å². The minimum atomic E-state index is 0.629. The van der Waals surface area contributed by atoms with Gasteiger partial charge in [-0.1, -0.05) is 18.2 Å². The van der Waals surface area contributed by atoms with Crippen LogP contribution < -0.4 is 15.0 Å². The number of benzene rings is 1. The molecule has 1 aliphatic rings. The molecule has 1 N–H and O–H groups in total. The number of nitrogens with zero attached hydrogens (tertiary/aromatic N) is 5. The summed E-state index contributed by atoms with van der Waals surface area (Å²) in [6, 6.07) is 7.99. The summed E-state index contributed by atoms with van der Waals surface area (Å²) in [7, 11) is 3.60. The van der Waals surface area contributed by atoms with Crippen LogP contribution in [0.5, 0.6) is 5.75 Å². The van der Waals surface area contributed by atoms with Crippen molar-refractivity contribution in [3.63, 3.8) is 0 Å². The van der Waals surface area contributed by atoms with E-state index in [1.54, 1.807) is 11.8 Å². The monoisotopic (exact) mass is 338 g/mol. The second-order valence-electron chi connectivity index (χ2n) is 6.24. The first kappa shape index (κ1) is 15.7. The Morgan fingerprint density at radius 1 is 1.16 bits per heavy atom. The number of methoxy groups -OCH3 is 1. The Balaban J connectivity index is 1.68. The average Bonchev–Trinajstić information content (AvgIpc) is 3.30. The van der Waals surface area contributed by atoms with E-state index in [9.17, 15) is 0 Å². The third kappa shape index (κ3) is 2.97. The lowest BCUT2D eigenvalue weighted by atomic mass is 10.2. The summed E-state index contributed by atoms with van der Waals surface area (Å²) in [6.45, 7) is 2.65. The van der Waals surface area contributed by atoms with Crippen LogP contribution in [-0.2, 0) is 13.6 Å². The maximum Gasteiger partial charge on any atom is 0.229 e. The Labute approximate surface area is 146 Å². The Morgan fingerprint density at radius 2 is 1.96 bits per heavy atom. The van der Waals surface area contributed by atoms with E-state index in [1.165, 1.54) is 12.8 Å². The first-order valence-corrected chi connectivity index (χ1v) is 8.57. The minimum absolute atomic E-state index is 0.629. The van der Waals surface area contributed by atoms with Gasteiger partial charge in [-0.25, -0.2) is 0 Å². The van der Waals surface area contributed by atoms with Gasteiger partial charge in [0.2, 0.25) is 5.95 Å². The predicted octanol–water partition coefficient (Wildman–Crippen LogP) is 2.58. The lowest BCUT2D eigenvalue weighted by Gasteiger charge is -2.17. The second-order valence-corrected chi connectivity index (χ2v) is 6.24. The normalized spacial score (nSPS) is 14.2. The zero-order valence-corrected chi connectivity index (χ0v) is 14.6. The molecule has 0 spiro atoms. The third-order valence-corrected chi connectivity index (χ3v) is 4.61. The molecule has 1 saturated heterocycles. The summed E-state index contributed by atoms with van der Waals surface area (Å²) in [6.07, 6.45) is 4.20. The number of fused-ring (bicyclic) bond motifs is 1. The van der Waals surface area contributed by atoms with Crippen LogP contribution >= 0.6 is 0 Å². The quantitative estimate of drug-likeness (QED) is 0.771. The topological polar surface area (TPSA) is 68.1 Å². The molecule has 0 amide bonds. The Kier molecular flexibility index (Phi) is 4.13. The van der Waals surface area contributed by atoms with Crippen LogP contribution in [0.25, 0.3) is 11.0 Å². The number of aryl methyl sites for hydroxylation is 1. The smallest absolute Gasteiger partial charge is 0.229 e. The van der Waals surface area contributed by atoms with E-state index in [2.05, 4.69) is 21.4 Å². The Bertz CT molecular complexity index is 884. The first-order valence-electron chi connectivity index (χ1n) is 8.57. The van der Waals surface area contributed by atoms with Crippen LogP contribution in [0.15, 0.2) is 30.5 Å². The van der Waals surface area contributed by atoms with Crippen molar-refractivity contribution in [2.75, 3.05) is 30.4 Å². The SMILES string of the molecule is COc1ccccc1CNc1nc(N2CCCC2)nc2c1cnn2C. The third-order valence-electron chi connectivity index (χ3n) is 4.61. The Morgan fingerprint density at radius 3 is 2.76 bits per heavy atom. The largest absolute Gasteiger partial charge is 0.496 e. The van der Waals surface area contributed by atoms with Crippen LogP contribution in [0.4, 0.5) is 11.8 Å². The molecule has 1 fully saturated rings. The van der Waals surface area contributed by atoms with Crippen molar-refractivity contribution in [1.29, 1.82) is 0 Å². The molecule has 0 aliphatic carbocycles. The van der Waals surface area contributed by atoms with Gasteiger partial charge >= 0.3 is 0 Å². The average molecular weight is 338 g/mol. The number of rotatable bonds is 5. The second kappa shape index (κ2) is 6.58. The van der Waals surface area contributed by atoms with Crippen LogP contribution in [0.3, 0.4) is 0 Å². The molecule has 0 atom stereocenters. The predicted molar refractivity (Wildman–Crippen MR) is 98.1 cm³/mol. The summed E-state index contributed by atoms with van der Waals surface area (Å²) < 4.78 is 7.23. The van der Waals surface area contributed by atoms with Gasteiger partial charge in [0.25, 0.3) is 0 Å². The van der Waals surface area contributed by atoms with Gasteiger partial charge in [0.1, 0.15) is 11.6 Å². The highest BCUT2D eigenvalue weighted by atomic mass is 16.5. The van der Waals surface area contributed by atoms with E-state index in [0.29, 0.717) is 6.54 Å². The molecule has 0 unspecified atom stereocenters. The molecular formula is C18H22N6O. The molecule has 0 radical (unpaired) electrons. The molecule has 0 bridgehead atoms. The van der Waals surface area contributed by atoms with Crippen molar-refractivity contribution in [3.8, 4) is 5.75 Å². The molecular weight excluding hydrogens is 316 g/mol. The fourth-order valence-corrected chi connectivity index (χ4v) is 3.23. The van der Waals surface area contributed by atoms with Crippen molar-refractivity contribution in [2.24, 2.45) is 7.05 Å². The number of anilines is 2. The lowest BCUT2D eigenvalue weighted by molar-refractivity contribution is 0.410. The number of para-hydroxylation sites is 1. The standard InChI is InChI=1S/C18H22N6O/c1-23-17-14(12-20-23)16(21-18(22-17)24-9-5-6-10-24)19-11-13-7-3-4-8-15(13)25-2/h3-4,7-8,12H,5-6,9-11H2,1-2H3,(H,19,21,22). The molecule has 7 heteroatoms. The van der Waals surface area contributed by atoms with Crippen molar-refractivity contribution >= 4 is 22.8 Å². The maximum atomic E-state index is 5.43. The summed E-state index contributed by atoms with van der Waals surface area (Å²) in [5, 5.41) is 8.72. The molecule has 7 nitrogen and oxygen atoms in total. The summed E-state index contributed by atoms with van der Waals surface area (Å²) in [5.74, 6) is 2.45. The van der Waals surface area contributed by atoms with Gasteiger partial charge < -0.3 is 15.0 Å². The molecule has 0 saturated carbocycles. The Hall–Kier alpha value is -2.83. The summed E-state index contributed by atoms with van der Waals surface area (Å²) in [4.78, 5) is 11.7. The molecule has 3 aromatic rings. The maximum absolute atomic E-state index is 5.43. The fourth-order valence-electron chi connectivity index (χ4n) is 3.23. The summed E-state index contributed by atoms with van der Waals surface area (Å²) >= 11 is 0. The molecule has 1 aliphatic heterocycles. The highest BCUT2D eigenvalue weighted by Gasteiger charge is 2.19.